The van der Waals surface area contributed by atoms with E-state index in [1.54, 1.807) is 18.2 Å². The smallest absolute Gasteiger partial charge is 0.258 e. The van der Waals surface area contributed by atoms with Gasteiger partial charge in [-0.2, -0.15) is 10.2 Å². The molecule has 166 valence electrons. The first-order valence-electron chi connectivity index (χ1n) is 10.5. The van der Waals surface area contributed by atoms with Crippen molar-refractivity contribution in [1.82, 2.24) is 9.97 Å². The number of hydrogen-bond acceptors (Lipinski definition) is 7. The van der Waals surface area contributed by atoms with Gasteiger partial charge in [-0.15, -0.1) is 0 Å². The van der Waals surface area contributed by atoms with Crippen LogP contribution in [0, 0.1) is 31.1 Å². The monoisotopic (exact) mass is 443 g/mol. The van der Waals surface area contributed by atoms with Gasteiger partial charge in [-0.1, -0.05) is 23.8 Å². The molecule has 0 radical (unpaired) electrons. The molecule has 0 saturated heterocycles. The van der Waals surface area contributed by atoms with Crippen LogP contribution in [0.5, 0.6) is 11.5 Å². The molecule has 0 spiro atoms. The molecule has 0 saturated carbocycles. The Kier molecular flexibility index (Phi) is 4.98. The molecule has 2 unspecified atom stereocenters. The van der Waals surface area contributed by atoms with E-state index in [0.717, 1.165) is 16.8 Å². The number of benzene rings is 2. The van der Waals surface area contributed by atoms with Gasteiger partial charge in [0.15, 0.2) is 11.5 Å². The lowest BCUT2D eigenvalue weighted by molar-refractivity contribution is -0.119. The van der Waals surface area contributed by atoms with Gasteiger partial charge in [-0.25, -0.2) is 0 Å². The van der Waals surface area contributed by atoms with Crippen LogP contribution >= 0.6 is 0 Å². The molecule has 0 aliphatic carbocycles. The van der Waals surface area contributed by atoms with Crippen molar-refractivity contribution in [2.45, 2.75) is 19.8 Å². The van der Waals surface area contributed by atoms with Crippen molar-refractivity contribution in [2.75, 3.05) is 23.8 Å². The van der Waals surface area contributed by atoms with Gasteiger partial charge in [0.25, 0.3) is 5.56 Å². The fourth-order valence-electron chi connectivity index (χ4n) is 4.26. The van der Waals surface area contributed by atoms with Gasteiger partial charge in [0, 0.05) is 11.6 Å². The van der Waals surface area contributed by atoms with Crippen LogP contribution in [-0.2, 0) is 4.79 Å². The second-order valence-corrected chi connectivity index (χ2v) is 8.10. The van der Waals surface area contributed by atoms with E-state index < -0.39 is 23.3 Å². The molecular formula is C24H21N5O4. The Labute approximate surface area is 189 Å². The molecule has 0 bridgehead atoms. The molecule has 1 amide bonds. The number of nitriles is 1. The van der Waals surface area contributed by atoms with E-state index in [9.17, 15) is 14.9 Å². The van der Waals surface area contributed by atoms with E-state index in [4.69, 9.17) is 9.47 Å². The predicted octanol–water partition coefficient (Wildman–Crippen LogP) is 3.13. The summed E-state index contributed by atoms with van der Waals surface area (Å²) in [4.78, 5) is 33.2. The molecule has 2 atom stereocenters. The summed E-state index contributed by atoms with van der Waals surface area (Å²) in [5.74, 6) is -0.994. The van der Waals surface area contributed by atoms with Gasteiger partial charge in [-0.05, 0) is 43.2 Å². The number of hydrogen-bond donors (Lipinski definition) is 3. The molecule has 0 fully saturated rings. The highest BCUT2D eigenvalue weighted by molar-refractivity contribution is 5.98. The van der Waals surface area contributed by atoms with Crippen molar-refractivity contribution in [3.05, 3.63) is 69.0 Å². The highest BCUT2D eigenvalue weighted by Gasteiger charge is 2.40. The average molecular weight is 443 g/mol. The number of nitrogens with zero attached hydrogens (tertiary/aromatic N) is 2. The van der Waals surface area contributed by atoms with Crippen LogP contribution in [0.1, 0.15) is 28.2 Å². The fourth-order valence-corrected chi connectivity index (χ4v) is 4.26. The lowest BCUT2D eigenvalue weighted by atomic mass is 9.79. The summed E-state index contributed by atoms with van der Waals surface area (Å²) in [6, 6.07) is 13.1. The number of carbonyl (C=O) groups is 1. The number of aromatic amines is 1. The van der Waals surface area contributed by atoms with Gasteiger partial charge in [0.2, 0.25) is 11.9 Å². The lowest BCUT2D eigenvalue weighted by Crippen LogP contribution is -2.38. The zero-order chi connectivity index (χ0) is 23.1. The molecule has 33 heavy (non-hydrogen) atoms. The number of fused-ring (bicyclic) bond motifs is 2. The first-order valence-corrected chi connectivity index (χ1v) is 10.5. The van der Waals surface area contributed by atoms with Crippen LogP contribution in [-0.4, -0.2) is 29.1 Å². The summed E-state index contributed by atoms with van der Waals surface area (Å²) >= 11 is 0. The van der Waals surface area contributed by atoms with Crippen LogP contribution in [0.15, 0.2) is 41.2 Å². The zero-order valence-corrected chi connectivity index (χ0v) is 18.1. The number of H-pyrrole nitrogens is 1. The third-order valence-corrected chi connectivity index (χ3v) is 5.82. The second kappa shape index (κ2) is 7.98. The predicted molar refractivity (Wildman–Crippen MR) is 121 cm³/mol. The maximum absolute atomic E-state index is 13.2. The maximum Gasteiger partial charge on any atom is 0.258 e. The Bertz CT molecular complexity index is 1370. The zero-order valence-electron chi connectivity index (χ0n) is 18.1. The minimum Gasteiger partial charge on any atom is -0.486 e. The van der Waals surface area contributed by atoms with Crippen molar-refractivity contribution in [3.8, 4) is 17.6 Å². The number of rotatable bonds is 3. The topological polar surface area (TPSA) is 129 Å². The van der Waals surface area contributed by atoms with Crippen LogP contribution in [0.4, 0.5) is 17.5 Å². The van der Waals surface area contributed by atoms with Gasteiger partial charge in [-0.3, -0.25) is 14.6 Å². The number of ether oxygens (including phenoxy) is 2. The quantitative estimate of drug-likeness (QED) is 0.567. The van der Waals surface area contributed by atoms with Crippen LogP contribution in [0.25, 0.3) is 0 Å². The number of anilines is 3. The number of carbonyl (C=O) groups excluding carboxylic acids is 1. The lowest BCUT2D eigenvalue weighted by Gasteiger charge is -2.29. The van der Waals surface area contributed by atoms with E-state index in [2.05, 4.69) is 20.6 Å². The van der Waals surface area contributed by atoms with Crippen molar-refractivity contribution in [3.63, 3.8) is 0 Å². The molecule has 3 N–H and O–H groups in total. The normalized spacial score (nSPS) is 18.6. The highest BCUT2D eigenvalue weighted by Crippen LogP contribution is 2.41. The third kappa shape index (κ3) is 3.65. The first kappa shape index (κ1) is 20.6. The number of amides is 1. The van der Waals surface area contributed by atoms with Crippen molar-refractivity contribution >= 4 is 23.4 Å². The minimum atomic E-state index is -1.10. The van der Waals surface area contributed by atoms with Gasteiger partial charge in [0.1, 0.15) is 24.9 Å². The number of aryl methyl sites for hydroxylation is 2. The average Bonchev–Trinajstić information content (AvgIpc) is 2.79. The Balaban J connectivity index is 1.59. The highest BCUT2D eigenvalue weighted by atomic mass is 16.6. The largest absolute Gasteiger partial charge is 0.486 e. The van der Waals surface area contributed by atoms with Crippen LogP contribution in [0.2, 0.25) is 0 Å². The van der Waals surface area contributed by atoms with E-state index >= 15 is 0 Å². The number of aromatic nitrogens is 2. The molecule has 3 heterocycles. The Hall–Kier alpha value is -4.32. The second-order valence-electron chi connectivity index (χ2n) is 8.10. The summed E-state index contributed by atoms with van der Waals surface area (Å²) in [6.07, 6.45) is 0. The van der Waals surface area contributed by atoms with Crippen molar-refractivity contribution < 1.29 is 14.3 Å². The molecule has 9 heteroatoms. The minimum absolute atomic E-state index is 0.127. The van der Waals surface area contributed by atoms with Crippen LogP contribution < -0.4 is 25.7 Å². The Morgan fingerprint density at radius 1 is 1.09 bits per heavy atom. The first-order chi connectivity index (χ1) is 15.9. The van der Waals surface area contributed by atoms with Gasteiger partial charge >= 0.3 is 0 Å². The summed E-state index contributed by atoms with van der Waals surface area (Å²) in [5, 5.41) is 15.5. The van der Waals surface area contributed by atoms with Gasteiger partial charge < -0.3 is 20.1 Å². The molecule has 3 aromatic rings. The van der Waals surface area contributed by atoms with E-state index in [1.165, 1.54) is 0 Å². The molecule has 2 aliphatic rings. The van der Waals surface area contributed by atoms with E-state index in [0.29, 0.717) is 30.3 Å². The molecule has 2 aliphatic heterocycles. The SMILES string of the molecule is Cc1ccc(Nc2nc3c(c(=O)[nH]2)C(c2ccc4c(c2)OCCO4)C(C#N)C(=O)N3)c(C)c1. The Morgan fingerprint density at radius 2 is 1.88 bits per heavy atom. The van der Waals surface area contributed by atoms with Crippen molar-refractivity contribution in [1.29, 1.82) is 5.26 Å². The fraction of sp³-hybridized carbons (Fsp3) is 0.250. The van der Waals surface area contributed by atoms with Crippen LogP contribution in [0.3, 0.4) is 0 Å². The standard InChI is InChI=1S/C24H21N5O4/c1-12-3-5-16(13(2)9-12)26-24-28-21-20(23(31)29-24)19(15(11-25)22(30)27-21)14-4-6-17-18(10-14)33-8-7-32-17/h3-6,9-10,15,19H,7-8H2,1-2H3,(H3,26,27,28,29,30,31). The number of nitrogens with one attached hydrogen (secondary N) is 3. The summed E-state index contributed by atoms with van der Waals surface area (Å²) in [6.45, 7) is 4.79. The molecular weight excluding hydrogens is 422 g/mol. The van der Waals surface area contributed by atoms with Crippen molar-refractivity contribution in [2.24, 2.45) is 5.92 Å². The third-order valence-electron chi connectivity index (χ3n) is 5.82. The van der Waals surface area contributed by atoms with E-state index in [-0.39, 0.29) is 17.3 Å². The summed E-state index contributed by atoms with van der Waals surface area (Å²) in [5.41, 5.74) is 3.27. The molecule has 5 rings (SSSR count). The Morgan fingerprint density at radius 3 is 2.64 bits per heavy atom. The summed E-state index contributed by atoms with van der Waals surface area (Å²) in [7, 11) is 0. The maximum atomic E-state index is 13.2. The van der Waals surface area contributed by atoms with E-state index in [1.807, 2.05) is 38.1 Å². The molecule has 2 aromatic carbocycles. The summed E-state index contributed by atoms with van der Waals surface area (Å²) < 4.78 is 11.2. The molecule has 9 nitrogen and oxygen atoms in total. The molecule has 1 aromatic heterocycles. The van der Waals surface area contributed by atoms with Gasteiger partial charge in [0.05, 0.1) is 11.6 Å².